The van der Waals surface area contributed by atoms with Crippen LogP contribution in [0.3, 0.4) is 0 Å². The van der Waals surface area contributed by atoms with Crippen LogP contribution in [-0.2, 0) is 4.79 Å². The van der Waals surface area contributed by atoms with E-state index in [0.717, 1.165) is 19.4 Å². The largest absolute Gasteiger partial charge is 0.468 e. The first-order valence-electron chi connectivity index (χ1n) is 6.96. The zero-order valence-corrected chi connectivity index (χ0v) is 12.2. The summed E-state index contributed by atoms with van der Waals surface area (Å²) in [5.74, 6) is -0.272. The molecule has 2 rings (SSSR count). The molecule has 8 heteroatoms. The minimum atomic E-state index is -4.41. The van der Waals surface area contributed by atoms with E-state index in [9.17, 15) is 18.0 Å². The summed E-state index contributed by atoms with van der Waals surface area (Å²) in [5.41, 5.74) is -0.0693. The Balaban J connectivity index is 1.92. The van der Waals surface area contributed by atoms with Crippen molar-refractivity contribution < 1.29 is 22.7 Å². The van der Waals surface area contributed by atoms with Crippen LogP contribution in [0, 0.1) is 5.41 Å². The maximum atomic E-state index is 12.3. The number of pyridine rings is 1. The summed E-state index contributed by atoms with van der Waals surface area (Å²) < 4.78 is 40.6. The highest BCUT2D eigenvalue weighted by atomic mass is 19.4. The molecule has 0 radical (unpaired) electrons. The van der Waals surface area contributed by atoms with E-state index in [0.29, 0.717) is 12.2 Å². The minimum Gasteiger partial charge on any atom is -0.468 e. The average Bonchev–Trinajstić information content (AvgIpc) is 2.46. The molecule has 1 aromatic heterocycles. The van der Waals surface area contributed by atoms with Crippen LogP contribution in [0.25, 0.3) is 0 Å². The molecule has 1 atom stereocenters. The van der Waals surface area contributed by atoms with Gasteiger partial charge in [0.2, 0.25) is 11.8 Å². The highest BCUT2D eigenvalue weighted by Gasteiger charge is 2.34. The molecule has 0 aliphatic carbocycles. The number of nitrogens with zero attached hydrogens (tertiary/aromatic N) is 1. The Kier molecular flexibility index (Phi) is 4.90. The molecule has 2 heterocycles. The second kappa shape index (κ2) is 6.51. The fourth-order valence-electron chi connectivity index (χ4n) is 2.23. The summed E-state index contributed by atoms with van der Waals surface area (Å²) in [7, 11) is 0. The molecule has 122 valence electrons. The lowest BCUT2D eigenvalue weighted by Crippen LogP contribution is -2.46. The van der Waals surface area contributed by atoms with Crippen LogP contribution in [-0.4, -0.2) is 36.8 Å². The molecule has 1 aromatic rings. The van der Waals surface area contributed by atoms with E-state index >= 15 is 0 Å². The Hall–Kier alpha value is -1.83. The van der Waals surface area contributed by atoms with Crippen LogP contribution >= 0.6 is 0 Å². The number of halogens is 3. The SMILES string of the molecule is CC1(C(=O)Nc2ccc(OCC(F)(F)F)nc2)CCCNC1. The number of alkyl halides is 3. The summed E-state index contributed by atoms with van der Waals surface area (Å²) in [4.78, 5) is 16.0. The molecule has 0 spiro atoms. The number of rotatable bonds is 4. The van der Waals surface area contributed by atoms with E-state index in [1.54, 1.807) is 0 Å². The summed E-state index contributed by atoms with van der Waals surface area (Å²) in [5, 5.41) is 5.91. The molecular formula is C14H18F3N3O2. The van der Waals surface area contributed by atoms with Gasteiger partial charge in [-0.25, -0.2) is 4.98 Å². The van der Waals surface area contributed by atoms with Crippen molar-refractivity contribution in [2.45, 2.75) is 25.9 Å². The molecule has 5 nitrogen and oxygen atoms in total. The molecular weight excluding hydrogens is 299 g/mol. The number of carbonyl (C=O) groups excluding carboxylic acids is 1. The molecule has 1 amide bonds. The van der Waals surface area contributed by atoms with Crippen molar-refractivity contribution in [3.63, 3.8) is 0 Å². The number of aromatic nitrogens is 1. The standard InChI is InChI=1S/C14H18F3N3O2/c1-13(5-2-6-18-8-13)12(21)20-10-3-4-11(19-7-10)22-9-14(15,16)17/h3-4,7,18H,2,5-6,8-9H2,1H3,(H,20,21). The third kappa shape index (κ3) is 4.59. The van der Waals surface area contributed by atoms with E-state index in [1.165, 1.54) is 18.3 Å². The molecule has 1 fully saturated rings. The zero-order chi connectivity index (χ0) is 16.2. The third-order valence-corrected chi connectivity index (χ3v) is 3.52. The van der Waals surface area contributed by atoms with Gasteiger partial charge in [0.1, 0.15) is 0 Å². The monoisotopic (exact) mass is 317 g/mol. The van der Waals surface area contributed by atoms with Gasteiger partial charge in [-0.1, -0.05) is 0 Å². The second-order valence-electron chi connectivity index (χ2n) is 5.58. The summed E-state index contributed by atoms with van der Waals surface area (Å²) >= 11 is 0. The second-order valence-corrected chi connectivity index (χ2v) is 5.58. The van der Waals surface area contributed by atoms with Gasteiger partial charge in [-0.15, -0.1) is 0 Å². The van der Waals surface area contributed by atoms with Crippen molar-refractivity contribution in [2.24, 2.45) is 5.41 Å². The first kappa shape index (κ1) is 16.5. The maximum absolute atomic E-state index is 12.3. The van der Waals surface area contributed by atoms with Gasteiger partial charge in [-0.2, -0.15) is 13.2 Å². The van der Waals surface area contributed by atoms with Crippen molar-refractivity contribution >= 4 is 11.6 Å². The maximum Gasteiger partial charge on any atom is 0.422 e. The quantitative estimate of drug-likeness (QED) is 0.895. The molecule has 0 bridgehead atoms. The molecule has 0 aromatic carbocycles. The molecule has 1 aliphatic heterocycles. The Labute approximate surface area is 126 Å². The highest BCUT2D eigenvalue weighted by Crippen LogP contribution is 2.27. The van der Waals surface area contributed by atoms with E-state index < -0.39 is 18.2 Å². The first-order valence-corrected chi connectivity index (χ1v) is 6.96. The Morgan fingerprint density at radius 2 is 2.27 bits per heavy atom. The van der Waals surface area contributed by atoms with Crippen LogP contribution in [0.2, 0.25) is 0 Å². The van der Waals surface area contributed by atoms with Gasteiger partial charge in [0.15, 0.2) is 6.61 Å². The number of ether oxygens (including phenoxy) is 1. The van der Waals surface area contributed by atoms with Gasteiger partial charge < -0.3 is 15.4 Å². The van der Waals surface area contributed by atoms with Gasteiger partial charge in [0.05, 0.1) is 17.3 Å². The van der Waals surface area contributed by atoms with Gasteiger partial charge >= 0.3 is 6.18 Å². The molecule has 22 heavy (non-hydrogen) atoms. The van der Waals surface area contributed by atoms with Crippen LogP contribution in [0.15, 0.2) is 18.3 Å². The minimum absolute atomic E-state index is 0.134. The predicted octanol–water partition coefficient (Wildman–Crippen LogP) is 2.35. The Bertz CT molecular complexity index is 511. The number of hydrogen-bond acceptors (Lipinski definition) is 4. The normalized spacial score (nSPS) is 22.2. The van der Waals surface area contributed by atoms with Gasteiger partial charge in [-0.3, -0.25) is 4.79 Å². The van der Waals surface area contributed by atoms with Gasteiger partial charge in [0.25, 0.3) is 0 Å². The molecule has 2 N–H and O–H groups in total. The van der Waals surface area contributed by atoms with Crippen LogP contribution in [0.1, 0.15) is 19.8 Å². The van der Waals surface area contributed by atoms with E-state index in [4.69, 9.17) is 0 Å². The van der Waals surface area contributed by atoms with E-state index in [2.05, 4.69) is 20.4 Å². The summed E-state index contributed by atoms with van der Waals surface area (Å²) in [6.07, 6.45) is -1.42. The fourth-order valence-corrected chi connectivity index (χ4v) is 2.23. The van der Waals surface area contributed by atoms with Crippen molar-refractivity contribution in [1.29, 1.82) is 0 Å². The lowest BCUT2D eigenvalue weighted by Gasteiger charge is -2.32. The highest BCUT2D eigenvalue weighted by molar-refractivity contribution is 5.95. The van der Waals surface area contributed by atoms with E-state index in [1.807, 2.05) is 6.92 Å². The van der Waals surface area contributed by atoms with E-state index in [-0.39, 0.29) is 11.8 Å². The van der Waals surface area contributed by atoms with Crippen LogP contribution in [0.5, 0.6) is 5.88 Å². The van der Waals surface area contributed by atoms with Crippen LogP contribution in [0.4, 0.5) is 18.9 Å². The number of nitrogens with one attached hydrogen (secondary N) is 2. The lowest BCUT2D eigenvalue weighted by molar-refractivity contribution is -0.154. The number of carbonyl (C=O) groups is 1. The Morgan fingerprint density at radius 3 is 2.82 bits per heavy atom. The summed E-state index contributed by atoms with van der Waals surface area (Å²) in [6.45, 7) is 1.98. The fraction of sp³-hybridized carbons (Fsp3) is 0.571. The van der Waals surface area contributed by atoms with Crippen molar-refractivity contribution in [2.75, 3.05) is 25.0 Å². The van der Waals surface area contributed by atoms with Gasteiger partial charge in [0, 0.05) is 12.6 Å². The smallest absolute Gasteiger partial charge is 0.422 e. The van der Waals surface area contributed by atoms with Crippen molar-refractivity contribution in [3.8, 4) is 5.88 Å². The number of amides is 1. The first-order chi connectivity index (χ1) is 10.3. The average molecular weight is 317 g/mol. The Morgan fingerprint density at radius 1 is 1.50 bits per heavy atom. The third-order valence-electron chi connectivity index (χ3n) is 3.52. The lowest BCUT2D eigenvalue weighted by atomic mass is 9.82. The zero-order valence-electron chi connectivity index (χ0n) is 12.2. The number of anilines is 1. The topological polar surface area (TPSA) is 63.2 Å². The molecule has 1 unspecified atom stereocenters. The predicted molar refractivity (Wildman–Crippen MR) is 74.6 cm³/mol. The molecule has 1 aliphatic rings. The summed E-state index contributed by atoms with van der Waals surface area (Å²) in [6, 6.07) is 2.76. The number of hydrogen-bond donors (Lipinski definition) is 2. The molecule has 0 saturated carbocycles. The molecule has 1 saturated heterocycles. The van der Waals surface area contributed by atoms with Gasteiger partial charge in [-0.05, 0) is 32.4 Å². The van der Waals surface area contributed by atoms with Crippen molar-refractivity contribution in [3.05, 3.63) is 18.3 Å². The number of piperidine rings is 1. The van der Waals surface area contributed by atoms with Crippen LogP contribution < -0.4 is 15.4 Å². The van der Waals surface area contributed by atoms with Crippen molar-refractivity contribution in [1.82, 2.24) is 10.3 Å².